The van der Waals surface area contributed by atoms with Crippen LogP contribution in [-0.2, 0) is 9.59 Å². The summed E-state index contributed by atoms with van der Waals surface area (Å²) >= 11 is 0. The molecule has 0 spiro atoms. The average Bonchev–Trinajstić information content (AvgIpc) is 2.22. The molecule has 0 saturated carbocycles. The highest BCUT2D eigenvalue weighted by Crippen LogP contribution is 2.11. The van der Waals surface area contributed by atoms with Gasteiger partial charge in [0, 0.05) is 13.0 Å². The van der Waals surface area contributed by atoms with Crippen molar-refractivity contribution in [1.82, 2.24) is 5.32 Å². The van der Waals surface area contributed by atoms with E-state index < -0.39 is 11.9 Å². The van der Waals surface area contributed by atoms with Crippen molar-refractivity contribution in [3.63, 3.8) is 0 Å². The number of rotatable bonds is 7. The highest BCUT2D eigenvalue weighted by molar-refractivity contribution is 5.77. The van der Waals surface area contributed by atoms with Crippen LogP contribution in [0.5, 0.6) is 0 Å². The van der Waals surface area contributed by atoms with Gasteiger partial charge in [-0.1, -0.05) is 33.6 Å². The van der Waals surface area contributed by atoms with Crippen LogP contribution >= 0.6 is 0 Å². The molecule has 15 heavy (non-hydrogen) atoms. The normalized spacial score (nSPS) is 12.5. The molecule has 4 nitrogen and oxygen atoms in total. The maximum Gasteiger partial charge on any atom is 0.308 e. The molecule has 4 heteroatoms. The van der Waals surface area contributed by atoms with Crippen LogP contribution in [0.1, 0.15) is 40.0 Å². The van der Waals surface area contributed by atoms with Gasteiger partial charge >= 0.3 is 5.97 Å². The Morgan fingerprint density at radius 3 is 2.20 bits per heavy atom. The molecule has 1 unspecified atom stereocenters. The van der Waals surface area contributed by atoms with Crippen molar-refractivity contribution in [2.45, 2.75) is 40.0 Å². The molecule has 0 aliphatic carbocycles. The third-order valence-corrected chi connectivity index (χ3v) is 2.66. The zero-order valence-corrected chi connectivity index (χ0v) is 9.75. The van der Waals surface area contributed by atoms with Gasteiger partial charge in [0.1, 0.15) is 0 Å². The van der Waals surface area contributed by atoms with Gasteiger partial charge in [0.15, 0.2) is 0 Å². The summed E-state index contributed by atoms with van der Waals surface area (Å²) in [6.07, 6.45) is 2.47. The number of carbonyl (C=O) groups is 2. The van der Waals surface area contributed by atoms with Crippen LogP contribution < -0.4 is 5.32 Å². The van der Waals surface area contributed by atoms with Crippen LogP contribution in [0.25, 0.3) is 0 Å². The van der Waals surface area contributed by atoms with Crippen LogP contribution in [0.2, 0.25) is 0 Å². The van der Waals surface area contributed by atoms with E-state index in [2.05, 4.69) is 19.2 Å². The lowest BCUT2D eigenvalue weighted by molar-refractivity contribution is -0.141. The first kappa shape index (κ1) is 13.9. The number of aliphatic carboxylic acids is 1. The van der Waals surface area contributed by atoms with E-state index in [1.54, 1.807) is 6.92 Å². The minimum atomic E-state index is -0.877. The molecule has 0 rings (SSSR count). The van der Waals surface area contributed by atoms with Gasteiger partial charge in [-0.2, -0.15) is 0 Å². The summed E-state index contributed by atoms with van der Waals surface area (Å²) in [5, 5.41) is 11.3. The second-order valence-electron chi connectivity index (χ2n) is 3.93. The standard InChI is InChI=1S/C11H21NO3/c1-4-9(5-2)6-10(13)12-7-8(3)11(14)15/h8-9H,4-7H2,1-3H3,(H,12,13)(H,14,15). The first-order valence-electron chi connectivity index (χ1n) is 5.50. The lowest BCUT2D eigenvalue weighted by Crippen LogP contribution is -2.32. The van der Waals surface area contributed by atoms with Crippen LogP contribution in [0.3, 0.4) is 0 Å². The molecule has 88 valence electrons. The molecule has 0 radical (unpaired) electrons. The van der Waals surface area contributed by atoms with Gasteiger partial charge in [0.05, 0.1) is 5.92 Å². The number of hydrogen-bond acceptors (Lipinski definition) is 2. The summed E-state index contributed by atoms with van der Waals surface area (Å²) in [5.41, 5.74) is 0. The van der Waals surface area contributed by atoms with Gasteiger partial charge in [-0.25, -0.2) is 0 Å². The Kier molecular flexibility index (Phi) is 6.75. The smallest absolute Gasteiger partial charge is 0.308 e. The second-order valence-corrected chi connectivity index (χ2v) is 3.93. The first-order chi connectivity index (χ1) is 7.01. The Balaban J connectivity index is 3.79. The Morgan fingerprint density at radius 2 is 1.80 bits per heavy atom. The largest absolute Gasteiger partial charge is 0.481 e. The number of nitrogens with one attached hydrogen (secondary N) is 1. The summed E-state index contributed by atoms with van der Waals surface area (Å²) in [6, 6.07) is 0. The topological polar surface area (TPSA) is 66.4 Å². The van der Waals surface area contributed by atoms with Crippen molar-refractivity contribution in [2.24, 2.45) is 11.8 Å². The molecule has 1 amide bonds. The van der Waals surface area contributed by atoms with E-state index in [0.717, 1.165) is 12.8 Å². The molecule has 0 fully saturated rings. The van der Waals surface area contributed by atoms with E-state index >= 15 is 0 Å². The van der Waals surface area contributed by atoms with Gasteiger partial charge in [-0.3, -0.25) is 9.59 Å². The Bertz CT molecular complexity index is 212. The van der Waals surface area contributed by atoms with Crippen LogP contribution in [0.4, 0.5) is 0 Å². The third-order valence-electron chi connectivity index (χ3n) is 2.66. The van der Waals surface area contributed by atoms with E-state index in [1.165, 1.54) is 0 Å². The molecule has 0 aliphatic rings. The van der Waals surface area contributed by atoms with Crippen molar-refractivity contribution in [2.75, 3.05) is 6.54 Å². The fourth-order valence-corrected chi connectivity index (χ4v) is 1.27. The molecule has 0 heterocycles. The van der Waals surface area contributed by atoms with E-state index in [9.17, 15) is 9.59 Å². The van der Waals surface area contributed by atoms with Gasteiger partial charge in [0.2, 0.25) is 5.91 Å². The molecule has 0 aromatic carbocycles. The van der Waals surface area contributed by atoms with Crippen molar-refractivity contribution >= 4 is 11.9 Å². The predicted octanol–water partition coefficient (Wildman–Crippen LogP) is 1.65. The van der Waals surface area contributed by atoms with Crippen LogP contribution in [-0.4, -0.2) is 23.5 Å². The molecule has 0 aliphatic heterocycles. The molecular weight excluding hydrogens is 194 g/mol. The number of carbonyl (C=O) groups excluding carboxylic acids is 1. The zero-order valence-electron chi connectivity index (χ0n) is 9.75. The van der Waals surface area contributed by atoms with Crippen molar-refractivity contribution in [3.8, 4) is 0 Å². The van der Waals surface area contributed by atoms with Gasteiger partial charge in [0.25, 0.3) is 0 Å². The minimum Gasteiger partial charge on any atom is -0.481 e. The van der Waals surface area contributed by atoms with E-state index in [1.807, 2.05) is 0 Å². The van der Waals surface area contributed by atoms with E-state index in [-0.39, 0.29) is 12.5 Å². The molecule has 0 aromatic rings. The fourth-order valence-electron chi connectivity index (χ4n) is 1.27. The molecular formula is C11H21NO3. The maximum atomic E-state index is 11.4. The molecule has 1 atom stereocenters. The quantitative estimate of drug-likeness (QED) is 0.678. The van der Waals surface area contributed by atoms with Crippen LogP contribution in [0.15, 0.2) is 0 Å². The Morgan fingerprint density at radius 1 is 1.27 bits per heavy atom. The summed E-state index contributed by atoms with van der Waals surface area (Å²) < 4.78 is 0. The molecule has 0 aromatic heterocycles. The lowest BCUT2D eigenvalue weighted by Gasteiger charge is -2.13. The van der Waals surface area contributed by atoms with Gasteiger partial charge in [-0.05, 0) is 5.92 Å². The fraction of sp³-hybridized carbons (Fsp3) is 0.818. The highest BCUT2D eigenvalue weighted by Gasteiger charge is 2.14. The minimum absolute atomic E-state index is 0.0446. The van der Waals surface area contributed by atoms with Gasteiger partial charge < -0.3 is 10.4 Å². The Labute approximate surface area is 91.1 Å². The number of hydrogen-bond donors (Lipinski definition) is 2. The van der Waals surface area contributed by atoms with Gasteiger partial charge in [-0.15, -0.1) is 0 Å². The molecule has 0 bridgehead atoms. The van der Waals surface area contributed by atoms with E-state index in [0.29, 0.717) is 12.3 Å². The highest BCUT2D eigenvalue weighted by atomic mass is 16.4. The first-order valence-corrected chi connectivity index (χ1v) is 5.50. The summed E-state index contributed by atoms with van der Waals surface area (Å²) in [7, 11) is 0. The average molecular weight is 215 g/mol. The second kappa shape index (κ2) is 7.26. The summed E-state index contributed by atoms with van der Waals surface area (Å²) in [6.45, 7) is 5.91. The number of carboxylic acid groups (broad SMARTS) is 1. The van der Waals surface area contributed by atoms with Crippen molar-refractivity contribution in [3.05, 3.63) is 0 Å². The van der Waals surface area contributed by atoms with Crippen molar-refractivity contribution in [1.29, 1.82) is 0 Å². The third kappa shape index (κ3) is 6.10. The maximum absolute atomic E-state index is 11.4. The predicted molar refractivity (Wildman–Crippen MR) is 58.5 cm³/mol. The SMILES string of the molecule is CCC(CC)CC(=O)NCC(C)C(=O)O. The number of carboxylic acids is 1. The summed E-state index contributed by atoms with van der Waals surface area (Å²) in [4.78, 5) is 21.9. The van der Waals surface area contributed by atoms with Crippen molar-refractivity contribution < 1.29 is 14.7 Å². The lowest BCUT2D eigenvalue weighted by atomic mass is 9.99. The summed E-state index contributed by atoms with van der Waals surface area (Å²) in [5.74, 6) is -1.03. The van der Waals surface area contributed by atoms with E-state index in [4.69, 9.17) is 5.11 Å². The monoisotopic (exact) mass is 215 g/mol. The zero-order chi connectivity index (χ0) is 11.8. The van der Waals surface area contributed by atoms with Crippen LogP contribution in [0, 0.1) is 11.8 Å². The number of amides is 1. The Hall–Kier alpha value is -1.06. The molecule has 0 saturated heterocycles. The molecule has 2 N–H and O–H groups in total.